The fraction of sp³-hybridized carbons (Fsp3) is 0.0145. The molecule has 1 aliphatic carbocycles. The lowest BCUT2D eigenvalue weighted by atomic mass is 9.67. The van der Waals surface area contributed by atoms with E-state index in [0.717, 1.165) is 44.6 Å². The number of nitrogens with zero attached hydrogens (tertiary/aromatic N) is 1. The average Bonchev–Trinajstić information content (AvgIpc) is 3.98. The molecular formula is C69H45NO. The van der Waals surface area contributed by atoms with Crippen LogP contribution < -0.4 is 4.90 Å². The van der Waals surface area contributed by atoms with E-state index in [1.807, 2.05) is 0 Å². The molecule has 0 N–H and O–H groups in total. The first kappa shape index (κ1) is 40.8. The quantitative estimate of drug-likeness (QED) is 0.141. The SMILES string of the molecule is c1ccc(-c2cccc3c2-c2ccc(N(c4ccc(-c5c(-c6ccccc6)c6ccccc6c6ccccc56)cc4)c4cccc5c4oc4ccccc45)cc2C3(c2ccccc2)c2ccccc2)cc1. The summed E-state index contributed by atoms with van der Waals surface area (Å²) in [4.78, 5) is 2.41. The highest BCUT2D eigenvalue weighted by atomic mass is 16.3. The summed E-state index contributed by atoms with van der Waals surface area (Å²) in [7, 11) is 0. The van der Waals surface area contributed by atoms with E-state index >= 15 is 0 Å². The standard InChI is InChI=1S/C69H45NO/c1-5-21-46(22-6-1)53-34-19-36-61-67(53)60-44-43-52(45-62(60)69(61,49-25-9-3-10-26-49)50-27-11-4-12-28-50)70(63-37-20-35-59-56-31-17-18-38-64(56)71-68(59)63)51-41-39-48(40-42-51)66-58-33-16-14-30-55(58)54-29-13-15-32-57(54)65(66)47-23-7-2-8-24-47/h1-45H. The lowest BCUT2D eigenvalue weighted by Gasteiger charge is -2.35. The first-order chi connectivity index (χ1) is 35.3. The summed E-state index contributed by atoms with van der Waals surface area (Å²) >= 11 is 0. The van der Waals surface area contributed by atoms with Crippen molar-refractivity contribution in [2.24, 2.45) is 0 Å². The van der Waals surface area contributed by atoms with Crippen LogP contribution in [0.1, 0.15) is 22.3 Å². The van der Waals surface area contributed by atoms with Crippen molar-refractivity contribution in [1.29, 1.82) is 0 Å². The monoisotopic (exact) mass is 903 g/mol. The molecular weight excluding hydrogens is 859 g/mol. The Kier molecular flexibility index (Phi) is 9.47. The van der Waals surface area contributed by atoms with Crippen LogP contribution in [-0.2, 0) is 5.41 Å². The van der Waals surface area contributed by atoms with Gasteiger partial charge in [0.15, 0.2) is 5.58 Å². The molecule has 0 fully saturated rings. The molecule has 71 heavy (non-hydrogen) atoms. The van der Waals surface area contributed by atoms with Gasteiger partial charge in [0, 0.05) is 22.1 Å². The van der Waals surface area contributed by atoms with Gasteiger partial charge in [0.1, 0.15) is 5.58 Å². The van der Waals surface area contributed by atoms with Gasteiger partial charge in [-0.15, -0.1) is 0 Å². The largest absolute Gasteiger partial charge is 0.454 e. The zero-order valence-electron chi connectivity index (χ0n) is 38.8. The van der Waals surface area contributed by atoms with Gasteiger partial charge in [-0.3, -0.25) is 0 Å². The summed E-state index contributed by atoms with van der Waals surface area (Å²) in [5.74, 6) is 0. The molecule has 0 radical (unpaired) electrons. The summed E-state index contributed by atoms with van der Waals surface area (Å²) in [5.41, 5.74) is 18.8. The Hall–Kier alpha value is -9.24. The van der Waals surface area contributed by atoms with E-state index in [1.54, 1.807) is 0 Å². The predicted molar refractivity (Wildman–Crippen MR) is 297 cm³/mol. The number of hydrogen-bond donors (Lipinski definition) is 0. The van der Waals surface area contributed by atoms with Gasteiger partial charge in [0.25, 0.3) is 0 Å². The molecule has 2 nitrogen and oxygen atoms in total. The van der Waals surface area contributed by atoms with Crippen molar-refractivity contribution in [3.8, 4) is 44.5 Å². The molecule has 0 amide bonds. The van der Waals surface area contributed by atoms with Gasteiger partial charge in [0.05, 0.1) is 11.1 Å². The highest BCUT2D eigenvalue weighted by Crippen LogP contribution is 2.59. The average molecular weight is 904 g/mol. The number of furan rings is 1. The maximum atomic E-state index is 6.90. The molecule has 13 aromatic rings. The van der Waals surface area contributed by atoms with Crippen LogP contribution in [0.4, 0.5) is 17.1 Å². The summed E-state index contributed by atoms with van der Waals surface area (Å²) in [6.45, 7) is 0. The lowest BCUT2D eigenvalue weighted by Crippen LogP contribution is -2.28. The number of anilines is 3. The predicted octanol–water partition coefficient (Wildman–Crippen LogP) is 18.7. The van der Waals surface area contributed by atoms with Crippen LogP contribution in [0, 0.1) is 0 Å². The summed E-state index contributed by atoms with van der Waals surface area (Å²) in [6.07, 6.45) is 0. The fourth-order valence-corrected chi connectivity index (χ4v) is 12.0. The number of benzene rings is 12. The molecule has 0 saturated heterocycles. The van der Waals surface area contributed by atoms with Crippen molar-refractivity contribution in [3.05, 3.63) is 295 Å². The summed E-state index contributed by atoms with van der Waals surface area (Å²) in [5, 5.41) is 7.15. The molecule has 1 aliphatic rings. The highest BCUT2D eigenvalue weighted by Gasteiger charge is 2.47. The van der Waals surface area contributed by atoms with Crippen LogP contribution in [-0.4, -0.2) is 0 Å². The molecule has 0 saturated carbocycles. The Morgan fingerprint density at radius 3 is 1.42 bits per heavy atom. The highest BCUT2D eigenvalue weighted by molar-refractivity contribution is 6.21. The van der Waals surface area contributed by atoms with Gasteiger partial charge in [-0.05, 0) is 125 Å². The lowest BCUT2D eigenvalue weighted by molar-refractivity contribution is 0.669. The second-order valence-corrected chi connectivity index (χ2v) is 18.6. The van der Waals surface area contributed by atoms with Crippen LogP contribution in [0.15, 0.2) is 277 Å². The van der Waals surface area contributed by atoms with E-state index < -0.39 is 5.41 Å². The molecule has 1 aromatic heterocycles. The van der Waals surface area contributed by atoms with Gasteiger partial charge in [-0.25, -0.2) is 0 Å². The minimum Gasteiger partial charge on any atom is -0.454 e. The van der Waals surface area contributed by atoms with Crippen molar-refractivity contribution < 1.29 is 4.42 Å². The van der Waals surface area contributed by atoms with Crippen LogP contribution in [0.5, 0.6) is 0 Å². The van der Waals surface area contributed by atoms with Gasteiger partial charge >= 0.3 is 0 Å². The van der Waals surface area contributed by atoms with E-state index in [4.69, 9.17) is 4.42 Å². The second kappa shape index (κ2) is 16.5. The molecule has 0 bridgehead atoms. The third-order valence-corrected chi connectivity index (χ3v) is 14.9. The molecule has 1 heterocycles. The van der Waals surface area contributed by atoms with Crippen LogP contribution in [0.3, 0.4) is 0 Å². The Morgan fingerprint density at radius 2 is 0.789 bits per heavy atom. The van der Waals surface area contributed by atoms with E-state index in [9.17, 15) is 0 Å². The molecule has 2 heteroatoms. The maximum Gasteiger partial charge on any atom is 0.159 e. The number of hydrogen-bond acceptors (Lipinski definition) is 2. The normalized spacial score (nSPS) is 12.6. The molecule has 0 unspecified atom stereocenters. The molecule has 14 rings (SSSR count). The maximum absolute atomic E-state index is 6.90. The number of rotatable bonds is 8. The number of fused-ring (bicyclic) bond motifs is 9. The van der Waals surface area contributed by atoms with E-state index in [0.29, 0.717) is 0 Å². The molecule has 0 spiro atoms. The van der Waals surface area contributed by atoms with Gasteiger partial charge in [-0.2, -0.15) is 0 Å². The molecule has 0 atom stereocenters. The summed E-state index contributed by atoms with van der Waals surface area (Å²) in [6, 6.07) is 99.8. The minimum atomic E-state index is -0.625. The zero-order valence-corrected chi connectivity index (χ0v) is 38.8. The smallest absolute Gasteiger partial charge is 0.159 e. The summed E-state index contributed by atoms with van der Waals surface area (Å²) < 4.78 is 6.90. The van der Waals surface area contributed by atoms with Crippen molar-refractivity contribution in [1.82, 2.24) is 0 Å². The van der Waals surface area contributed by atoms with Crippen LogP contribution in [0.25, 0.3) is 88.0 Å². The molecule has 332 valence electrons. The van der Waals surface area contributed by atoms with Crippen molar-refractivity contribution >= 4 is 60.5 Å². The Morgan fingerprint density at radius 1 is 0.296 bits per heavy atom. The van der Waals surface area contributed by atoms with Crippen molar-refractivity contribution in [2.75, 3.05) is 4.90 Å². The minimum absolute atomic E-state index is 0.625. The van der Waals surface area contributed by atoms with Gasteiger partial charge in [0.2, 0.25) is 0 Å². The van der Waals surface area contributed by atoms with E-state index in [1.165, 1.54) is 82.7 Å². The number of para-hydroxylation sites is 2. The van der Waals surface area contributed by atoms with Crippen LogP contribution in [0.2, 0.25) is 0 Å². The van der Waals surface area contributed by atoms with Crippen LogP contribution >= 0.6 is 0 Å². The Labute approximate surface area is 413 Å². The van der Waals surface area contributed by atoms with Gasteiger partial charge in [-0.1, -0.05) is 237 Å². The fourth-order valence-electron chi connectivity index (χ4n) is 12.0. The Balaban J connectivity index is 1.04. The third kappa shape index (κ3) is 6.28. The first-order valence-corrected chi connectivity index (χ1v) is 24.5. The Bertz CT molecular complexity index is 4100. The topological polar surface area (TPSA) is 16.4 Å². The van der Waals surface area contributed by atoms with Crippen molar-refractivity contribution in [2.45, 2.75) is 5.41 Å². The van der Waals surface area contributed by atoms with E-state index in [2.05, 4.69) is 278 Å². The first-order valence-electron chi connectivity index (χ1n) is 24.5. The second-order valence-electron chi connectivity index (χ2n) is 18.6. The third-order valence-electron chi connectivity index (χ3n) is 14.9. The van der Waals surface area contributed by atoms with E-state index in [-0.39, 0.29) is 0 Å². The van der Waals surface area contributed by atoms with Crippen molar-refractivity contribution in [3.63, 3.8) is 0 Å². The van der Waals surface area contributed by atoms with Gasteiger partial charge < -0.3 is 9.32 Å². The zero-order chi connectivity index (χ0) is 46.9. The molecule has 12 aromatic carbocycles. The molecule has 0 aliphatic heterocycles.